The van der Waals surface area contributed by atoms with Gasteiger partial charge in [-0.15, -0.1) is 0 Å². The van der Waals surface area contributed by atoms with Gasteiger partial charge in [-0.1, -0.05) is 6.07 Å². The van der Waals surface area contributed by atoms with Gasteiger partial charge in [0.2, 0.25) is 0 Å². The van der Waals surface area contributed by atoms with Crippen LogP contribution in [0.1, 0.15) is 11.3 Å². The number of nitrogens with two attached hydrogens (primary N) is 1. The molecule has 1 aromatic carbocycles. The Morgan fingerprint density at radius 1 is 0.923 bits per heavy atom. The van der Waals surface area contributed by atoms with Crippen molar-refractivity contribution in [2.75, 3.05) is 16.4 Å². The van der Waals surface area contributed by atoms with E-state index in [-0.39, 0.29) is 11.5 Å². The normalized spacial score (nSPS) is 11.2. The van der Waals surface area contributed by atoms with E-state index in [1.807, 2.05) is 19.1 Å². The van der Waals surface area contributed by atoms with Gasteiger partial charge in [0.25, 0.3) is 0 Å². The molecule has 0 aliphatic rings. The van der Waals surface area contributed by atoms with Gasteiger partial charge in [-0.2, -0.15) is 13.2 Å². The number of rotatable bonds is 4. The number of nitrogen functional groups attached to an aromatic ring is 1. The van der Waals surface area contributed by atoms with Crippen molar-refractivity contribution in [1.82, 2.24) is 15.0 Å². The molecule has 0 atom stereocenters. The number of pyridine rings is 1. The molecular weight excluding hydrogens is 345 g/mol. The summed E-state index contributed by atoms with van der Waals surface area (Å²) >= 11 is 0. The number of alkyl halides is 3. The molecule has 0 amide bonds. The third-order valence-corrected chi connectivity index (χ3v) is 3.49. The summed E-state index contributed by atoms with van der Waals surface area (Å²) in [6.45, 7) is 1.85. The molecule has 26 heavy (non-hydrogen) atoms. The van der Waals surface area contributed by atoms with E-state index in [0.717, 1.165) is 17.8 Å². The highest BCUT2D eigenvalue weighted by Gasteiger charge is 2.29. The first-order valence-corrected chi connectivity index (χ1v) is 7.58. The first kappa shape index (κ1) is 17.5. The molecule has 0 fully saturated rings. The minimum Gasteiger partial charge on any atom is -0.393 e. The minimum atomic E-state index is -4.38. The van der Waals surface area contributed by atoms with Crippen molar-refractivity contribution in [3.8, 4) is 0 Å². The zero-order valence-corrected chi connectivity index (χ0v) is 13.7. The molecule has 0 spiro atoms. The van der Waals surface area contributed by atoms with Crippen LogP contribution in [0.15, 0.2) is 48.8 Å². The van der Waals surface area contributed by atoms with Crippen LogP contribution in [0.3, 0.4) is 0 Å². The molecule has 134 valence electrons. The van der Waals surface area contributed by atoms with Crippen LogP contribution < -0.4 is 16.4 Å². The number of nitrogens with one attached hydrogen (secondary N) is 2. The molecule has 2 heterocycles. The predicted molar refractivity (Wildman–Crippen MR) is 93.4 cm³/mol. The molecule has 0 aliphatic heterocycles. The number of hydrogen-bond donors (Lipinski definition) is 3. The van der Waals surface area contributed by atoms with Crippen molar-refractivity contribution in [2.24, 2.45) is 0 Å². The fourth-order valence-corrected chi connectivity index (χ4v) is 2.21. The summed E-state index contributed by atoms with van der Waals surface area (Å²) in [6.07, 6.45) is -3.09. The Balaban J connectivity index is 1.81. The lowest BCUT2D eigenvalue weighted by Crippen LogP contribution is -2.07. The van der Waals surface area contributed by atoms with Gasteiger partial charge in [-0.05, 0) is 43.3 Å². The third kappa shape index (κ3) is 4.00. The second-order valence-corrected chi connectivity index (χ2v) is 5.47. The fraction of sp³-hybridized carbons (Fsp3) is 0.118. The fourth-order valence-electron chi connectivity index (χ4n) is 2.21. The van der Waals surface area contributed by atoms with E-state index in [2.05, 4.69) is 25.6 Å². The maximum absolute atomic E-state index is 12.6. The highest BCUT2D eigenvalue weighted by Crippen LogP contribution is 2.31. The third-order valence-electron chi connectivity index (χ3n) is 3.49. The Kier molecular flexibility index (Phi) is 4.61. The summed E-state index contributed by atoms with van der Waals surface area (Å²) in [6, 6.07) is 10.0. The largest absolute Gasteiger partial charge is 0.416 e. The van der Waals surface area contributed by atoms with Crippen LogP contribution >= 0.6 is 0 Å². The van der Waals surface area contributed by atoms with Crippen molar-refractivity contribution >= 4 is 28.8 Å². The van der Waals surface area contributed by atoms with Crippen LogP contribution in [0.2, 0.25) is 0 Å². The quantitative estimate of drug-likeness (QED) is 0.644. The van der Waals surface area contributed by atoms with Gasteiger partial charge in [-0.25, -0.2) is 15.0 Å². The van der Waals surface area contributed by atoms with E-state index in [4.69, 9.17) is 5.73 Å². The number of halogens is 3. The van der Waals surface area contributed by atoms with Crippen molar-refractivity contribution in [1.29, 1.82) is 0 Å². The van der Waals surface area contributed by atoms with Gasteiger partial charge in [0.1, 0.15) is 17.8 Å². The first-order valence-electron chi connectivity index (χ1n) is 7.58. The highest BCUT2D eigenvalue weighted by molar-refractivity contribution is 5.79. The van der Waals surface area contributed by atoms with Crippen molar-refractivity contribution in [3.05, 3.63) is 60.0 Å². The lowest BCUT2D eigenvalue weighted by Gasteiger charge is -2.13. The molecule has 0 unspecified atom stereocenters. The maximum Gasteiger partial charge on any atom is 0.416 e. The number of anilines is 5. The van der Waals surface area contributed by atoms with E-state index in [0.29, 0.717) is 17.3 Å². The average molecular weight is 360 g/mol. The summed E-state index contributed by atoms with van der Waals surface area (Å²) in [4.78, 5) is 12.4. The van der Waals surface area contributed by atoms with Crippen LogP contribution in [0.25, 0.3) is 0 Å². The van der Waals surface area contributed by atoms with Gasteiger partial charge in [-0.3, -0.25) is 0 Å². The summed E-state index contributed by atoms with van der Waals surface area (Å²) < 4.78 is 37.9. The van der Waals surface area contributed by atoms with Crippen LogP contribution in [-0.4, -0.2) is 15.0 Å². The van der Waals surface area contributed by atoms with Crippen molar-refractivity contribution in [3.63, 3.8) is 0 Å². The van der Waals surface area contributed by atoms with Crippen LogP contribution in [0.5, 0.6) is 0 Å². The van der Waals surface area contributed by atoms with Crippen molar-refractivity contribution in [2.45, 2.75) is 13.1 Å². The molecule has 0 radical (unpaired) electrons. The van der Waals surface area contributed by atoms with Gasteiger partial charge < -0.3 is 16.4 Å². The molecule has 0 aliphatic carbocycles. The van der Waals surface area contributed by atoms with Crippen LogP contribution in [-0.2, 0) is 6.18 Å². The Morgan fingerprint density at radius 2 is 1.58 bits per heavy atom. The van der Waals surface area contributed by atoms with E-state index in [1.165, 1.54) is 18.5 Å². The van der Waals surface area contributed by atoms with E-state index in [1.54, 1.807) is 6.07 Å². The second kappa shape index (κ2) is 6.87. The Morgan fingerprint density at radius 3 is 2.19 bits per heavy atom. The zero-order chi connectivity index (χ0) is 18.7. The number of aryl methyl sites for hydroxylation is 1. The van der Waals surface area contributed by atoms with E-state index in [9.17, 15) is 13.2 Å². The Labute approximate surface area is 147 Å². The maximum atomic E-state index is 12.6. The van der Waals surface area contributed by atoms with Gasteiger partial charge in [0.05, 0.1) is 5.56 Å². The highest BCUT2D eigenvalue weighted by atomic mass is 19.4. The van der Waals surface area contributed by atoms with Gasteiger partial charge >= 0.3 is 6.18 Å². The number of aromatic nitrogens is 3. The zero-order valence-electron chi connectivity index (χ0n) is 13.7. The molecule has 3 rings (SSSR count). The smallest absolute Gasteiger partial charge is 0.393 e. The van der Waals surface area contributed by atoms with E-state index < -0.39 is 11.7 Å². The molecule has 3 aromatic rings. The second-order valence-electron chi connectivity index (χ2n) is 5.47. The van der Waals surface area contributed by atoms with Crippen LogP contribution in [0.4, 0.5) is 42.0 Å². The Bertz CT molecular complexity index is 909. The topological polar surface area (TPSA) is 88.8 Å². The van der Waals surface area contributed by atoms with Crippen LogP contribution in [0, 0.1) is 6.92 Å². The lowest BCUT2D eigenvalue weighted by atomic mass is 10.2. The predicted octanol–water partition coefficient (Wildman–Crippen LogP) is 4.27. The molecule has 0 bridgehead atoms. The van der Waals surface area contributed by atoms with Gasteiger partial charge in [0.15, 0.2) is 11.6 Å². The monoisotopic (exact) mass is 360 g/mol. The summed E-state index contributed by atoms with van der Waals surface area (Å²) in [7, 11) is 0. The number of nitrogens with zero attached hydrogens (tertiary/aromatic N) is 3. The first-order chi connectivity index (χ1) is 12.3. The Hall–Kier alpha value is -3.36. The molecule has 6 nitrogen and oxygen atoms in total. The SMILES string of the molecule is Cc1cccc(Nc2ncnc(Nc3ccc(C(F)(F)F)cc3)c2N)n1. The molecule has 9 heteroatoms. The summed E-state index contributed by atoms with van der Waals surface area (Å²) in [5.41, 5.74) is 6.79. The molecule has 0 saturated heterocycles. The lowest BCUT2D eigenvalue weighted by molar-refractivity contribution is -0.137. The average Bonchev–Trinajstić information content (AvgIpc) is 2.58. The molecular formula is C17H15F3N6. The standard InChI is InChI=1S/C17H15F3N6/c1-10-3-2-4-13(24-10)26-16-14(21)15(22-9-23-16)25-12-7-5-11(6-8-12)17(18,19)20/h2-9H,21H2,1H3,(H2,22,23,24,25,26). The number of hydrogen-bond acceptors (Lipinski definition) is 6. The van der Waals surface area contributed by atoms with Gasteiger partial charge in [0, 0.05) is 11.4 Å². The number of benzene rings is 1. The van der Waals surface area contributed by atoms with E-state index >= 15 is 0 Å². The molecule has 4 N–H and O–H groups in total. The summed E-state index contributed by atoms with van der Waals surface area (Å²) in [5.74, 6) is 1.18. The van der Waals surface area contributed by atoms with Crippen molar-refractivity contribution < 1.29 is 13.2 Å². The molecule has 0 saturated carbocycles. The minimum absolute atomic E-state index is 0.218. The molecule has 2 aromatic heterocycles. The summed E-state index contributed by atoms with van der Waals surface area (Å²) in [5, 5.41) is 5.88.